The number of carbonyl (C=O) groups is 1. The Kier molecular flexibility index (Phi) is 5.62. The summed E-state index contributed by atoms with van der Waals surface area (Å²) in [5.74, 6) is -0.670. The number of hydrogen-bond acceptors (Lipinski definition) is 4. The highest BCUT2D eigenvalue weighted by atomic mass is 32.2. The molecule has 0 N–H and O–H groups in total. The summed E-state index contributed by atoms with van der Waals surface area (Å²) in [6, 6.07) is 13.1. The molecule has 0 fully saturated rings. The maximum absolute atomic E-state index is 12.3. The Morgan fingerprint density at radius 2 is 1.85 bits per heavy atom. The van der Waals surface area contributed by atoms with E-state index in [1.165, 1.54) is 11.3 Å². The predicted molar refractivity (Wildman–Crippen MR) is 109 cm³/mol. The number of amides is 1. The first-order valence-electron chi connectivity index (χ1n) is 8.64. The molecular formula is C20H22N2O3S2. The quantitative estimate of drug-likeness (QED) is 0.658. The van der Waals surface area contributed by atoms with Crippen molar-refractivity contribution in [1.29, 1.82) is 0 Å². The third-order valence-electron chi connectivity index (χ3n) is 4.32. The molecule has 142 valence electrons. The van der Waals surface area contributed by atoms with Crippen molar-refractivity contribution in [1.82, 2.24) is 4.57 Å². The lowest BCUT2D eigenvalue weighted by Crippen LogP contribution is -2.16. The number of carbonyl (C=O) groups excluding carboxylic acids is 1. The van der Waals surface area contributed by atoms with Crippen molar-refractivity contribution in [2.75, 3.05) is 5.75 Å². The van der Waals surface area contributed by atoms with Gasteiger partial charge in [-0.3, -0.25) is 4.79 Å². The molecular weight excluding hydrogens is 380 g/mol. The van der Waals surface area contributed by atoms with Crippen LogP contribution in [-0.2, 0) is 27.4 Å². The van der Waals surface area contributed by atoms with E-state index < -0.39 is 15.7 Å². The monoisotopic (exact) mass is 402 g/mol. The zero-order chi connectivity index (χ0) is 19.6. The number of rotatable bonds is 5. The third-order valence-corrected chi connectivity index (χ3v) is 7.20. The SMILES string of the molecule is Cc1cc(C)c2sc(=NC(=O)CCS(=O)(=O)Cc3ccccc3)n(C)c2c1. The van der Waals surface area contributed by atoms with Crippen molar-refractivity contribution >= 4 is 37.3 Å². The van der Waals surface area contributed by atoms with Crippen LogP contribution in [0.25, 0.3) is 10.2 Å². The van der Waals surface area contributed by atoms with Gasteiger partial charge in [-0.1, -0.05) is 47.7 Å². The number of aromatic nitrogens is 1. The zero-order valence-corrected chi connectivity index (χ0v) is 17.2. The fourth-order valence-corrected chi connectivity index (χ4v) is 5.40. The molecule has 0 saturated heterocycles. The van der Waals surface area contributed by atoms with Gasteiger partial charge >= 0.3 is 0 Å². The highest BCUT2D eigenvalue weighted by Gasteiger charge is 2.15. The number of thiazole rings is 1. The van der Waals surface area contributed by atoms with Crippen molar-refractivity contribution in [2.24, 2.45) is 12.0 Å². The molecule has 7 heteroatoms. The van der Waals surface area contributed by atoms with Gasteiger partial charge in [0, 0.05) is 13.5 Å². The molecule has 0 aliphatic carbocycles. The Hall–Kier alpha value is -2.25. The number of nitrogens with zero attached hydrogens (tertiary/aromatic N) is 2. The van der Waals surface area contributed by atoms with Crippen molar-refractivity contribution in [3.63, 3.8) is 0 Å². The van der Waals surface area contributed by atoms with E-state index in [-0.39, 0.29) is 17.9 Å². The van der Waals surface area contributed by atoms with Gasteiger partial charge in [-0.05, 0) is 36.6 Å². The highest BCUT2D eigenvalue weighted by Crippen LogP contribution is 2.22. The van der Waals surface area contributed by atoms with Crippen molar-refractivity contribution in [3.8, 4) is 0 Å². The van der Waals surface area contributed by atoms with E-state index in [9.17, 15) is 13.2 Å². The molecule has 2 aromatic carbocycles. The van der Waals surface area contributed by atoms with Gasteiger partial charge in [-0.2, -0.15) is 4.99 Å². The predicted octanol–water partition coefficient (Wildman–Crippen LogP) is 3.29. The molecule has 1 aromatic heterocycles. The highest BCUT2D eigenvalue weighted by molar-refractivity contribution is 7.90. The van der Waals surface area contributed by atoms with Gasteiger partial charge in [0.1, 0.15) is 0 Å². The van der Waals surface area contributed by atoms with Crippen LogP contribution >= 0.6 is 11.3 Å². The molecule has 1 amide bonds. The van der Waals surface area contributed by atoms with Gasteiger partial charge in [0.25, 0.3) is 0 Å². The van der Waals surface area contributed by atoms with Crippen molar-refractivity contribution < 1.29 is 13.2 Å². The molecule has 0 unspecified atom stereocenters. The smallest absolute Gasteiger partial charge is 0.249 e. The van der Waals surface area contributed by atoms with Crippen LogP contribution in [0.1, 0.15) is 23.1 Å². The first-order chi connectivity index (χ1) is 12.7. The van der Waals surface area contributed by atoms with E-state index >= 15 is 0 Å². The first-order valence-corrected chi connectivity index (χ1v) is 11.3. The standard InChI is InChI=1S/C20H22N2O3S2/c1-14-11-15(2)19-17(12-14)22(3)20(26-19)21-18(23)9-10-27(24,25)13-16-7-5-4-6-8-16/h4-8,11-12H,9-10,13H2,1-3H3. The summed E-state index contributed by atoms with van der Waals surface area (Å²) >= 11 is 1.45. The lowest BCUT2D eigenvalue weighted by molar-refractivity contribution is -0.117. The van der Waals surface area contributed by atoms with Crippen LogP contribution in [0.3, 0.4) is 0 Å². The molecule has 0 saturated carbocycles. The van der Waals surface area contributed by atoms with E-state index in [1.807, 2.05) is 31.5 Å². The molecule has 0 bridgehead atoms. The summed E-state index contributed by atoms with van der Waals surface area (Å²) in [5, 5.41) is 0. The van der Waals surface area contributed by atoms with Crippen molar-refractivity contribution in [3.05, 3.63) is 64.0 Å². The first kappa shape index (κ1) is 19.5. The third kappa shape index (κ3) is 4.73. The van der Waals surface area contributed by atoms with Crippen LogP contribution in [0.2, 0.25) is 0 Å². The number of sulfone groups is 1. The molecule has 0 radical (unpaired) electrons. The second-order valence-electron chi connectivity index (χ2n) is 6.71. The van der Waals surface area contributed by atoms with E-state index in [4.69, 9.17) is 0 Å². The average molecular weight is 403 g/mol. The Bertz CT molecular complexity index is 1160. The Balaban J connectivity index is 1.76. The molecule has 27 heavy (non-hydrogen) atoms. The molecule has 3 aromatic rings. The Morgan fingerprint density at radius 1 is 1.15 bits per heavy atom. The van der Waals surface area contributed by atoms with E-state index in [0.717, 1.165) is 26.9 Å². The van der Waals surface area contributed by atoms with Gasteiger partial charge in [0.15, 0.2) is 14.6 Å². The van der Waals surface area contributed by atoms with Gasteiger partial charge in [0.2, 0.25) is 5.91 Å². The average Bonchev–Trinajstić information content (AvgIpc) is 2.90. The van der Waals surface area contributed by atoms with Crippen LogP contribution in [0, 0.1) is 13.8 Å². The minimum Gasteiger partial charge on any atom is -0.319 e. The van der Waals surface area contributed by atoms with Gasteiger partial charge < -0.3 is 4.57 Å². The van der Waals surface area contributed by atoms with Crippen LogP contribution in [0.5, 0.6) is 0 Å². The number of aryl methyl sites for hydroxylation is 3. The van der Waals surface area contributed by atoms with E-state index in [1.54, 1.807) is 24.3 Å². The molecule has 3 rings (SSSR count). The van der Waals surface area contributed by atoms with Gasteiger partial charge in [0.05, 0.1) is 21.7 Å². The number of benzene rings is 2. The fraction of sp³-hybridized carbons (Fsp3) is 0.300. The summed E-state index contributed by atoms with van der Waals surface area (Å²) in [5.41, 5.74) is 4.05. The van der Waals surface area contributed by atoms with Crippen molar-refractivity contribution in [2.45, 2.75) is 26.0 Å². The minimum atomic E-state index is -3.35. The normalized spacial score (nSPS) is 12.6. The second kappa shape index (κ2) is 7.78. The summed E-state index contributed by atoms with van der Waals surface area (Å²) in [7, 11) is -1.48. The Labute approximate surface area is 162 Å². The molecule has 0 spiro atoms. The molecule has 0 atom stereocenters. The number of fused-ring (bicyclic) bond motifs is 1. The van der Waals surface area contributed by atoms with Crippen LogP contribution < -0.4 is 4.80 Å². The Morgan fingerprint density at radius 3 is 2.56 bits per heavy atom. The summed E-state index contributed by atoms with van der Waals surface area (Å²) in [6.45, 7) is 4.07. The fourth-order valence-electron chi connectivity index (χ4n) is 2.98. The van der Waals surface area contributed by atoms with E-state index in [2.05, 4.69) is 17.1 Å². The van der Waals surface area contributed by atoms with Gasteiger partial charge in [-0.25, -0.2) is 8.42 Å². The zero-order valence-electron chi connectivity index (χ0n) is 15.6. The minimum absolute atomic E-state index is 0.0593. The van der Waals surface area contributed by atoms with Crippen LogP contribution in [0.15, 0.2) is 47.5 Å². The topological polar surface area (TPSA) is 68.5 Å². The summed E-state index contributed by atoms with van der Waals surface area (Å²) in [6.07, 6.45) is -0.110. The second-order valence-corrected chi connectivity index (χ2v) is 9.87. The maximum atomic E-state index is 12.3. The maximum Gasteiger partial charge on any atom is 0.249 e. The van der Waals surface area contributed by atoms with E-state index in [0.29, 0.717) is 4.80 Å². The van der Waals surface area contributed by atoms with Crippen LogP contribution in [0.4, 0.5) is 0 Å². The number of hydrogen-bond donors (Lipinski definition) is 0. The van der Waals surface area contributed by atoms with Crippen LogP contribution in [-0.4, -0.2) is 24.6 Å². The summed E-state index contributed by atoms with van der Waals surface area (Å²) < 4.78 is 27.5. The molecule has 0 aliphatic rings. The summed E-state index contributed by atoms with van der Waals surface area (Å²) in [4.78, 5) is 17.0. The molecule has 5 nitrogen and oxygen atoms in total. The lowest BCUT2D eigenvalue weighted by atomic mass is 10.1. The molecule has 1 heterocycles. The largest absolute Gasteiger partial charge is 0.319 e. The lowest BCUT2D eigenvalue weighted by Gasteiger charge is -2.03. The van der Waals surface area contributed by atoms with Gasteiger partial charge in [-0.15, -0.1) is 0 Å². The molecule has 0 aliphatic heterocycles.